The average molecular weight is 230 g/mol. The Morgan fingerprint density at radius 1 is 1.41 bits per heavy atom. The number of hydrogen-bond donors (Lipinski definition) is 2. The molecule has 1 aromatic carbocycles. The van der Waals surface area contributed by atoms with E-state index in [9.17, 15) is 0 Å². The van der Waals surface area contributed by atoms with Gasteiger partial charge in [-0.1, -0.05) is 17.3 Å². The number of nitrogens with zero attached hydrogens (tertiary/aromatic N) is 3. The van der Waals surface area contributed by atoms with Gasteiger partial charge >= 0.3 is 0 Å². The number of nitrogens with two attached hydrogens (primary N) is 1. The molecule has 5 nitrogen and oxygen atoms in total. The van der Waals surface area contributed by atoms with Crippen LogP contribution in [0.1, 0.15) is 16.7 Å². The Bertz CT molecular complexity index is 572. The number of aromatic nitrogens is 2. The maximum atomic E-state index is 8.79. The van der Waals surface area contributed by atoms with Crippen LogP contribution in [0.2, 0.25) is 0 Å². The van der Waals surface area contributed by atoms with E-state index in [1.165, 1.54) is 0 Å². The molecule has 88 valence electrons. The zero-order valence-electron chi connectivity index (χ0n) is 9.75. The van der Waals surface area contributed by atoms with Crippen molar-refractivity contribution in [1.82, 2.24) is 9.78 Å². The highest BCUT2D eigenvalue weighted by molar-refractivity contribution is 6.00. The van der Waals surface area contributed by atoms with Crippen molar-refractivity contribution in [2.75, 3.05) is 0 Å². The summed E-state index contributed by atoms with van der Waals surface area (Å²) in [7, 11) is 0. The van der Waals surface area contributed by atoms with Crippen molar-refractivity contribution >= 4 is 5.84 Å². The summed E-state index contributed by atoms with van der Waals surface area (Å²) in [6, 6.07) is 5.62. The minimum Gasteiger partial charge on any atom is -0.409 e. The second-order valence-electron chi connectivity index (χ2n) is 3.92. The van der Waals surface area contributed by atoms with Crippen LogP contribution in [0.5, 0.6) is 0 Å². The van der Waals surface area contributed by atoms with E-state index < -0.39 is 0 Å². The fraction of sp³-hybridized carbons (Fsp3) is 0.167. The van der Waals surface area contributed by atoms with Crippen molar-refractivity contribution < 1.29 is 5.21 Å². The number of hydrogen-bond acceptors (Lipinski definition) is 3. The lowest BCUT2D eigenvalue weighted by Gasteiger charge is -2.11. The fourth-order valence-electron chi connectivity index (χ4n) is 1.76. The smallest absolute Gasteiger partial charge is 0.172 e. The zero-order valence-corrected chi connectivity index (χ0v) is 9.75. The maximum absolute atomic E-state index is 8.79. The third-order valence-electron chi connectivity index (χ3n) is 2.56. The molecular weight excluding hydrogens is 216 g/mol. The first-order chi connectivity index (χ1) is 8.13. The van der Waals surface area contributed by atoms with Gasteiger partial charge in [0.1, 0.15) is 0 Å². The number of benzene rings is 1. The third-order valence-corrected chi connectivity index (χ3v) is 2.56. The Kier molecular flexibility index (Phi) is 2.82. The van der Waals surface area contributed by atoms with E-state index >= 15 is 0 Å². The first-order valence-electron chi connectivity index (χ1n) is 5.22. The molecule has 2 rings (SSSR count). The average Bonchev–Trinajstić information content (AvgIpc) is 2.74. The fourth-order valence-corrected chi connectivity index (χ4v) is 1.76. The maximum Gasteiger partial charge on any atom is 0.172 e. The molecule has 0 spiro atoms. The lowest BCUT2D eigenvalue weighted by molar-refractivity contribution is 0.318. The molecule has 0 saturated carbocycles. The molecule has 0 aliphatic heterocycles. The van der Waals surface area contributed by atoms with Crippen LogP contribution in [0.4, 0.5) is 0 Å². The SMILES string of the molecule is Cc1cnn(-c2c(C)cccc2/C(N)=N/O)c1. The number of aryl methyl sites for hydroxylation is 2. The lowest BCUT2D eigenvalue weighted by Crippen LogP contribution is -2.17. The van der Waals surface area contributed by atoms with Crippen molar-refractivity contribution in [3.63, 3.8) is 0 Å². The molecule has 0 amide bonds. The van der Waals surface area contributed by atoms with Gasteiger partial charge in [-0.05, 0) is 31.0 Å². The third kappa shape index (κ3) is 1.99. The van der Waals surface area contributed by atoms with Crippen LogP contribution < -0.4 is 5.73 Å². The Balaban J connectivity index is 2.67. The quantitative estimate of drug-likeness (QED) is 0.356. The Morgan fingerprint density at radius 2 is 2.18 bits per heavy atom. The highest BCUT2D eigenvalue weighted by Gasteiger charge is 2.11. The van der Waals surface area contributed by atoms with Gasteiger partial charge in [-0.3, -0.25) is 0 Å². The van der Waals surface area contributed by atoms with Crippen LogP contribution in [-0.2, 0) is 0 Å². The molecule has 0 fully saturated rings. The van der Waals surface area contributed by atoms with E-state index in [1.807, 2.05) is 32.2 Å². The summed E-state index contributed by atoms with van der Waals surface area (Å²) in [6.07, 6.45) is 3.67. The molecular formula is C12H14N4O. The van der Waals surface area contributed by atoms with Gasteiger partial charge in [0.25, 0.3) is 0 Å². The predicted molar refractivity (Wildman–Crippen MR) is 65.5 cm³/mol. The van der Waals surface area contributed by atoms with Gasteiger partial charge in [-0.25, -0.2) is 4.68 Å². The van der Waals surface area contributed by atoms with Crippen LogP contribution in [0, 0.1) is 13.8 Å². The summed E-state index contributed by atoms with van der Waals surface area (Å²) in [6.45, 7) is 3.92. The molecule has 1 heterocycles. The van der Waals surface area contributed by atoms with E-state index in [4.69, 9.17) is 10.9 Å². The van der Waals surface area contributed by atoms with Crippen molar-refractivity contribution in [3.05, 3.63) is 47.3 Å². The van der Waals surface area contributed by atoms with E-state index in [1.54, 1.807) is 16.9 Å². The van der Waals surface area contributed by atoms with Gasteiger partial charge < -0.3 is 10.9 Å². The first kappa shape index (κ1) is 11.2. The van der Waals surface area contributed by atoms with Gasteiger partial charge in [-0.2, -0.15) is 5.10 Å². The number of oxime groups is 1. The number of para-hydroxylation sites is 1. The normalized spacial score (nSPS) is 11.8. The van der Waals surface area contributed by atoms with Crippen LogP contribution in [0.25, 0.3) is 5.69 Å². The lowest BCUT2D eigenvalue weighted by atomic mass is 10.1. The highest BCUT2D eigenvalue weighted by atomic mass is 16.4. The van der Waals surface area contributed by atoms with E-state index in [2.05, 4.69) is 10.3 Å². The summed E-state index contributed by atoms with van der Waals surface area (Å²) in [5, 5.41) is 16.1. The molecule has 17 heavy (non-hydrogen) atoms. The zero-order chi connectivity index (χ0) is 12.4. The van der Waals surface area contributed by atoms with E-state index in [0.717, 1.165) is 16.8 Å². The molecule has 0 aliphatic rings. The summed E-state index contributed by atoms with van der Waals surface area (Å²) in [5.41, 5.74) is 9.22. The molecule has 0 radical (unpaired) electrons. The van der Waals surface area contributed by atoms with Crippen LogP contribution in [0.3, 0.4) is 0 Å². The molecule has 3 N–H and O–H groups in total. The van der Waals surface area contributed by atoms with Crippen molar-refractivity contribution in [2.24, 2.45) is 10.9 Å². The topological polar surface area (TPSA) is 76.4 Å². The predicted octanol–water partition coefficient (Wildman–Crippen LogP) is 1.58. The Hall–Kier alpha value is -2.30. The largest absolute Gasteiger partial charge is 0.409 e. The van der Waals surface area contributed by atoms with E-state index in [0.29, 0.717) is 5.56 Å². The van der Waals surface area contributed by atoms with Crippen molar-refractivity contribution in [1.29, 1.82) is 0 Å². The molecule has 0 aliphatic carbocycles. The van der Waals surface area contributed by atoms with Gasteiger partial charge in [0.15, 0.2) is 5.84 Å². The van der Waals surface area contributed by atoms with Gasteiger partial charge in [0, 0.05) is 11.8 Å². The van der Waals surface area contributed by atoms with Crippen LogP contribution in [-0.4, -0.2) is 20.8 Å². The monoisotopic (exact) mass is 230 g/mol. The van der Waals surface area contributed by atoms with Crippen molar-refractivity contribution in [3.8, 4) is 5.69 Å². The highest BCUT2D eigenvalue weighted by Crippen LogP contribution is 2.19. The Morgan fingerprint density at radius 3 is 2.76 bits per heavy atom. The second-order valence-corrected chi connectivity index (χ2v) is 3.92. The second kappa shape index (κ2) is 4.29. The summed E-state index contributed by atoms with van der Waals surface area (Å²) >= 11 is 0. The minimum atomic E-state index is 0.0804. The standard InChI is InChI=1S/C12H14N4O/c1-8-6-14-16(7-8)11-9(2)4-3-5-10(11)12(13)15-17/h3-7,17H,1-2H3,(H2,13,15). The van der Waals surface area contributed by atoms with Gasteiger partial charge in [0.05, 0.1) is 11.9 Å². The minimum absolute atomic E-state index is 0.0804. The van der Waals surface area contributed by atoms with Gasteiger partial charge in [0.2, 0.25) is 0 Å². The summed E-state index contributed by atoms with van der Waals surface area (Å²) in [4.78, 5) is 0. The molecule has 0 atom stereocenters. The first-order valence-corrected chi connectivity index (χ1v) is 5.22. The molecule has 5 heteroatoms. The van der Waals surface area contributed by atoms with Gasteiger partial charge in [-0.15, -0.1) is 0 Å². The molecule has 1 aromatic heterocycles. The van der Waals surface area contributed by atoms with E-state index in [-0.39, 0.29) is 5.84 Å². The molecule has 0 bridgehead atoms. The Labute approximate surface area is 99.2 Å². The molecule has 0 saturated heterocycles. The number of rotatable bonds is 2. The molecule has 0 unspecified atom stereocenters. The van der Waals surface area contributed by atoms with Crippen molar-refractivity contribution in [2.45, 2.75) is 13.8 Å². The number of amidine groups is 1. The summed E-state index contributed by atoms with van der Waals surface area (Å²) < 4.78 is 1.73. The van der Waals surface area contributed by atoms with Crippen LogP contribution in [0.15, 0.2) is 35.7 Å². The molecule has 2 aromatic rings. The summed E-state index contributed by atoms with van der Waals surface area (Å²) in [5.74, 6) is 0.0804. The van der Waals surface area contributed by atoms with Crippen LogP contribution >= 0.6 is 0 Å².